The molecule has 0 N–H and O–H groups in total. The van der Waals surface area contributed by atoms with Crippen LogP contribution in [0.3, 0.4) is 0 Å². The molecule has 0 atom stereocenters. The van der Waals surface area contributed by atoms with Crippen LogP contribution in [0.25, 0.3) is 11.6 Å². The van der Waals surface area contributed by atoms with Crippen molar-refractivity contribution >= 4 is 17.3 Å². The third kappa shape index (κ3) is 7.68. The van der Waals surface area contributed by atoms with E-state index in [4.69, 9.17) is 4.74 Å². The van der Waals surface area contributed by atoms with Gasteiger partial charge in [-0.3, -0.25) is 0 Å². The van der Waals surface area contributed by atoms with Gasteiger partial charge in [-0.15, -0.1) is 5.56 Å². The number of likely N-dealkylation sites (N-methyl/N-ethyl adjacent to an activating group) is 1. The molecule has 1 fully saturated rings. The number of hydrogen-bond donors (Lipinski definition) is 0. The number of nitrogens with zero attached hydrogens (tertiary/aromatic N) is 2. The number of aryl methyl sites for hydroxylation is 1. The van der Waals surface area contributed by atoms with Crippen LogP contribution in [-0.4, -0.2) is 19.7 Å². The van der Waals surface area contributed by atoms with E-state index in [1.807, 2.05) is 30.3 Å². The van der Waals surface area contributed by atoms with Gasteiger partial charge in [0.15, 0.2) is 0 Å². The molecule has 4 heteroatoms. The van der Waals surface area contributed by atoms with Crippen LogP contribution in [-0.2, 0) is 0 Å². The molecule has 1 aliphatic carbocycles. The zero-order valence-electron chi connectivity index (χ0n) is 21.5. The molecule has 1 saturated carbocycles. The number of benzene rings is 3. The Labute approximate surface area is 250 Å². The topological polar surface area (TPSA) is 36.3 Å². The smallest absolute Gasteiger partial charge is 0.119 e. The normalized spacial score (nSPS) is 14.0. The van der Waals surface area contributed by atoms with Crippen LogP contribution in [0.2, 0.25) is 0 Å². The Morgan fingerprint density at radius 3 is 2.53 bits per heavy atom. The molecular weight excluding hydrogens is 568 g/mol. The van der Waals surface area contributed by atoms with E-state index < -0.39 is 0 Å². The maximum absolute atomic E-state index is 9.63. The summed E-state index contributed by atoms with van der Waals surface area (Å²) in [5, 5.41) is 9.63. The summed E-state index contributed by atoms with van der Waals surface area (Å²) < 4.78 is 6.08. The van der Waals surface area contributed by atoms with Gasteiger partial charge in [0.2, 0.25) is 0 Å². The van der Waals surface area contributed by atoms with E-state index in [1.165, 1.54) is 43.4 Å². The number of rotatable bonds is 9. The molecule has 0 saturated heterocycles. The van der Waals surface area contributed by atoms with Crippen molar-refractivity contribution in [3.05, 3.63) is 95.1 Å². The summed E-state index contributed by atoms with van der Waals surface area (Å²) >= 11 is 0. The Hall–Kier alpha value is -2.13. The van der Waals surface area contributed by atoms with E-state index in [9.17, 15) is 5.26 Å². The third-order valence-electron chi connectivity index (χ3n) is 7.03. The fourth-order valence-electron chi connectivity index (χ4n) is 4.93. The SMILES string of the molecule is CCN(CCOc1ccc(C2CCCCC2)cc1)c1ccc(/C=C(\C#N)c2c[c-]ccc2)c(C)c1.[Ce]. The van der Waals surface area contributed by atoms with Gasteiger partial charge in [0.25, 0.3) is 0 Å². The van der Waals surface area contributed by atoms with Gasteiger partial charge in [0.1, 0.15) is 12.4 Å². The second-order valence-corrected chi connectivity index (χ2v) is 9.33. The first-order valence-electron chi connectivity index (χ1n) is 12.8. The third-order valence-corrected chi connectivity index (χ3v) is 7.03. The van der Waals surface area contributed by atoms with Crippen LogP contribution in [0.15, 0.2) is 66.7 Å². The van der Waals surface area contributed by atoms with Crippen LogP contribution >= 0.6 is 0 Å². The van der Waals surface area contributed by atoms with E-state index in [1.54, 1.807) is 0 Å². The van der Waals surface area contributed by atoms with Crippen LogP contribution in [0.5, 0.6) is 5.75 Å². The van der Waals surface area contributed by atoms with Crippen LogP contribution in [0.1, 0.15) is 67.2 Å². The van der Waals surface area contributed by atoms with Gasteiger partial charge in [-0.1, -0.05) is 37.5 Å². The quantitative estimate of drug-likeness (QED) is 0.142. The molecule has 0 unspecified atom stereocenters. The summed E-state index contributed by atoms with van der Waals surface area (Å²) in [6.07, 6.45) is 8.71. The van der Waals surface area contributed by atoms with Crippen LogP contribution in [0, 0.1) is 66.1 Å². The second kappa shape index (κ2) is 14.6. The van der Waals surface area contributed by atoms with Crippen molar-refractivity contribution in [1.29, 1.82) is 5.26 Å². The number of hydrogen-bond acceptors (Lipinski definition) is 3. The number of allylic oxidation sites excluding steroid dienone is 1. The van der Waals surface area contributed by atoms with E-state index in [-0.39, 0.29) is 41.7 Å². The summed E-state index contributed by atoms with van der Waals surface area (Å²) in [6.45, 7) is 6.63. The first-order chi connectivity index (χ1) is 17.2. The molecule has 184 valence electrons. The molecule has 0 bridgehead atoms. The largest absolute Gasteiger partial charge is 0.492 e. The molecule has 36 heavy (non-hydrogen) atoms. The molecule has 0 spiro atoms. The summed E-state index contributed by atoms with van der Waals surface area (Å²) in [7, 11) is 0. The van der Waals surface area contributed by atoms with Crippen molar-refractivity contribution in [1.82, 2.24) is 0 Å². The van der Waals surface area contributed by atoms with E-state index in [0.717, 1.165) is 41.4 Å². The van der Waals surface area contributed by atoms with Crippen molar-refractivity contribution < 1.29 is 46.5 Å². The zero-order valence-corrected chi connectivity index (χ0v) is 24.6. The number of nitriles is 1. The van der Waals surface area contributed by atoms with Crippen molar-refractivity contribution in [2.24, 2.45) is 0 Å². The van der Waals surface area contributed by atoms with Gasteiger partial charge in [-0.2, -0.15) is 35.6 Å². The van der Waals surface area contributed by atoms with Gasteiger partial charge in [-0.25, -0.2) is 0 Å². The molecule has 4 rings (SSSR count). The zero-order chi connectivity index (χ0) is 24.5. The van der Waals surface area contributed by atoms with Crippen molar-refractivity contribution in [3.63, 3.8) is 0 Å². The summed E-state index contributed by atoms with van der Waals surface area (Å²) in [4.78, 5) is 2.33. The standard InChI is InChI=1S/C32H35N2O.Ce/c1-3-34(20-21-35-32-18-15-28(16-19-32)26-10-6-4-7-11-26)31-17-14-29(25(2)22-31)23-30(24-33)27-12-8-5-9-13-27;/h5,8,12-19,22-23,26H,3-4,6-7,10-11,20-21H2,1-2H3;/q-1;/b30-23+;. The average Bonchev–Trinajstić information content (AvgIpc) is 2.92. The predicted octanol–water partition coefficient (Wildman–Crippen LogP) is 7.81. The Balaban J connectivity index is 0.00000361. The first-order valence-corrected chi connectivity index (χ1v) is 12.8. The fourth-order valence-corrected chi connectivity index (χ4v) is 4.93. The maximum atomic E-state index is 9.63. The molecular formula is C32H35CeN2O-. The minimum absolute atomic E-state index is 0. The van der Waals surface area contributed by atoms with Crippen molar-refractivity contribution in [2.45, 2.75) is 51.9 Å². The maximum Gasteiger partial charge on any atom is 0.119 e. The van der Waals surface area contributed by atoms with E-state index in [0.29, 0.717) is 12.2 Å². The average molecular weight is 604 g/mol. The van der Waals surface area contributed by atoms with Gasteiger partial charge >= 0.3 is 0 Å². The summed E-state index contributed by atoms with van der Waals surface area (Å²) in [5.41, 5.74) is 6.37. The molecule has 3 aromatic rings. The number of ether oxygens (including phenoxy) is 1. The van der Waals surface area contributed by atoms with E-state index >= 15 is 0 Å². The molecule has 0 amide bonds. The Morgan fingerprint density at radius 1 is 1.11 bits per heavy atom. The molecule has 0 heterocycles. The predicted molar refractivity (Wildman–Crippen MR) is 146 cm³/mol. The Kier molecular flexibility index (Phi) is 11.5. The summed E-state index contributed by atoms with van der Waals surface area (Å²) in [6, 6.07) is 28.1. The monoisotopic (exact) mass is 603 g/mol. The van der Waals surface area contributed by atoms with Gasteiger partial charge in [0, 0.05) is 59.6 Å². The summed E-state index contributed by atoms with van der Waals surface area (Å²) in [5.74, 6) is 1.67. The minimum atomic E-state index is 0. The van der Waals surface area contributed by atoms with Crippen molar-refractivity contribution in [3.8, 4) is 11.8 Å². The molecule has 0 aliphatic heterocycles. The molecule has 0 radical (unpaired) electrons. The Morgan fingerprint density at radius 2 is 1.89 bits per heavy atom. The van der Waals surface area contributed by atoms with Crippen LogP contribution < -0.4 is 9.64 Å². The second-order valence-electron chi connectivity index (χ2n) is 9.33. The van der Waals surface area contributed by atoms with Gasteiger partial charge < -0.3 is 9.64 Å². The molecule has 1 aliphatic rings. The molecule has 3 aromatic carbocycles. The first kappa shape index (κ1) is 28.4. The van der Waals surface area contributed by atoms with E-state index in [2.05, 4.69) is 73.3 Å². The minimum Gasteiger partial charge on any atom is -0.492 e. The van der Waals surface area contributed by atoms with Crippen molar-refractivity contribution in [2.75, 3.05) is 24.6 Å². The van der Waals surface area contributed by atoms with Crippen LogP contribution in [0.4, 0.5) is 5.69 Å². The molecule has 0 aromatic heterocycles. The van der Waals surface area contributed by atoms with Gasteiger partial charge in [-0.05, 0) is 79.6 Å². The fraction of sp³-hybridized carbons (Fsp3) is 0.344. The van der Waals surface area contributed by atoms with Gasteiger partial charge in [0.05, 0.1) is 12.6 Å². The Bertz CT molecular complexity index is 1160. The molecule has 3 nitrogen and oxygen atoms in total. The number of anilines is 1.